The molecule has 118 valence electrons. The summed E-state index contributed by atoms with van der Waals surface area (Å²) in [5.74, 6) is -1.44. The quantitative estimate of drug-likeness (QED) is 0.598. The first-order valence-electron chi connectivity index (χ1n) is 5.93. The van der Waals surface area contributed by atoms with Crippen LogP contribution in [0.4, 0.5) is 4.39 Å². The van der Waals surface area contributed by atoms with Crippen molar-refractivity contribution < 1.29 is 27.1 Å². The normalized spacial score (nSPS) is 12.8. The highest BCUT2D eigenvalue weighted by Gasteiger charge is 2.22. The lowest BCUT2D eigenvalue weighted by molar-refractivity contribution is -0.127. The molecule has 9 heteroatoms. The molecule has 1 aromatic carbocycles. The lowest BCUT2D eigenvalue weighted by Gasteiger charge is -2.16. The molecule has 0 aliphatic carbocycles. The molecule has 1 aromatic rings. The molecule has 0 fully saturated rings. The molecule has 0 heterocycles. The number of rotatable bonds is 7. The largest absolute Gasteiger partial charge is 0.479 e. The van der Waals surface area contributed by atoms with Crippen LogP contribution in [0.2, 0.25) is 0 Å². The highest BCUT2D eigenvalue weighted by Crippen LogP contribution is 2.28. The fourth-order valence-electron chi connectivity index (χ4n) is 1.43. The van der Waals surface area contributed by atoms with E-state index in [1.807, 2.05) is 0 Å². The minimum Gasteiger partial charge on any atom is -0.479 e. The first-order valence-corrected chi connectivity index (χ1v) is 8.24. The number of hydrogen-bond acceptors (Lipinski definition) is 5. The summed E-state index contributed by atoms with van der Waals surface area (Å²) in [7, 11) is 2.51. The van der Waals surface area contributed by atoms with Crippen LogP contribution in [0.5, 0.6) is 5.75 Å². The Kier molecular flexibility index (Phi) is 6.38. The Labute approximate surface area is 126 Å². The minimum atomic E-state index is -4.19. The Morgan fingerprint density at radius 3 is 2.71 bits per heavy atom. The summed E-state index contributed by atoms with van der Waals surface area (Å²) < 4.78 is 45.9. The second-order valence-corrected chi connectivity index (χ2v) is 6.61. The summed E-state index contributed by atoms with van der Waals surface area (Å²) in [6.07, 6.45) is -0.982. The van der Waals surface area contributed by atoms with Crippen LogP contribution in [0.1, 0.15) is 6.92 Å². The van der Waals surface area contributed by atoms with Crippen molar-refractivity contribution in [2.45, 2.75) is 17.9 Å². The van der Waals surface area contributed by atoms with E-state index in [1.54, 1.807) is 0 Å². The number of hydrogen-bond donors (Lipinski definition) is 1. The predicted octanol–water partition coefficient (Wildman–Crippen LogP) is 1.28. The molecule has 1 atom stereocenters. The Morgan fingerprint density at radius 2 is 2.14 bits per heavy atom. The van der Waals surface area contributed by atoms with Crippen molar-refractivity contribution in [1.82, 2.24) is 5.32 Å². The van der Waals surface area contributed by atoms with E-state index in [1.165, 1.54) is 14.0 Å². The van der Waals surface area contributed by atoms with Crippen molar-refractivity contribution in [3.8, 4) is 5.75 Å². The third-order valence-corrected chi connectivity index (χ3v) is 3.79. The third-order valence-electron chi connectivity index (χ3n) is 2.45. The molecule has 0 saturated heterocycles. The first kappa shape index (κ1) is 17.7. The van der Waals surface area contributed by atoms with Gasteiger partial charge in [0.1, 0.15) is 16.5 Å². The van der Waals surface area contributed by atoms with Gasteiger partial charge in [-0.1, -0.05) is 0 Å². The molecule has 0 saturated carbocycles. The zero-order chi connectivity index (χ0) is 16.0. The molecule has 0 spiro atoms. The molecule has 1 unspecified atom stereocenters. The van der Waals surface area contributed by atoms with Crippen LogP contribution in [-0.2, 0) is 18.6 Å². The van der Waals surface area contributed by atoms with Gasteiger partial charge in [0.25, 0.3) is 15.0 Å². The maximum Gasteiger partial charge on any atom is 0.265 e. The summed E-state index contributed by atoms with van der Waals surface area (Å²) >= 11 is 0. The van der Waals surface area contributed by atoms with E-state index in [4.69, 9.17) is 20.2 Å². The van der Waals surface area contributed by atoms with Crippen LogP contribution < -0.4 is 10.1 Å². The van der Waals surface area contributed by atoms with Crippen LogP contribution in [-0.4, -0.2) is 40.7 Å². The average Bonchev–Trinajstić information content (AvgIpc) is 2.39. The van der Waals surface area contributed by atoms with E-state index in [0.29, 0.717) is 6.61 Å². The lowest BCUT2D eigenvalue weighted by Crippen LogP contribution is -2.38. The van der Waals surface area contributed by atoms with Crippen molar-refractivity contribution in [1.29, 1.82) is 0 Å². The number of halogens is 2. The van der Waals surface area contributed by atoms with Gasteiger partial charge in [-0.05, 0) is 25.1 Å². The molecular formula is C12H15ClFNO5S. The summed E-state index contributed by atoms with van der Waals surface area (Å²) in [5.41, 5.74) is 0. The molecule has 1 rings (SSSR count). The highest BCUT2D eigenvalue weighted by molar-refractivity contribution is 8.13. The van der Waals surface area contributed by atoms with Gasteiger partial charge in [0, 0.05) is 24.3 Å². The standard InChI is InChI=1S/C12H15ClFNO5S/c1-8(12(16)15-5-6-19-2)20-10-4-3-9(14)7-11(10)21(13,17)18/h3-4,7-8H,5-6H2,1-2H3,(H,15,16). The van der Waals surface area contributed by atoms with E-state index in [-0.39, 0.29) is 12.3 Å². The van der Waals surface area contributed by atoms with Crippen molar-refractivity contribution in [3.05, 3.63) is 24.0 Å². The molecule has 0 radical (unpaired) electrons. The number of nitrogens with one attached hydrogen (secondary N) is 1. The van der Waals surface area contributed by atoms with Crippen LogP contribution in [0, 0.1) is 5.82 Å². The summed E-state index contributed by atoms with van der Waals surface area (Å²) in [5, 5.41) is 2.53. The number of benzene rings is 1. The molecule has 0 aliphatic rings. The number of ether oxygens (including phenoxy) is 2. The Morgan fingerprint density at radius 1 is 1.48 bits per heavy atom. The van der Waals surface area contributed by atoms with Crippen molar-refractivity contribution in [3.63, 3.8) is 0 Å². The highest BCUT2D eigenvalue weighted by atomic mass is 35.7. The van der Waals surface area contributed by atoms with Crippen LogP contribution >= 0.6 is 10.7 Å². The second-order valence-electron chi connectivity index (χ2n) is 4.07. The molecule has 6 nitrogen and oxygen atoms in total. The third kappa shape index (κ3) is 5.49. The van der Waals surface area contributed by atoms with E-state index >= 15 is 0 Å². The van der Waals surface area contributed by atoms with Gasteiger partial charge in [0.2, 0.25) is 0 Å². The van der Waals surface area contributed by atoms with Gasteiger partial charge in [-0.2, -0.15) is 0 Å². The number of carbonyl (C=O) groups excluding carboxylic acids is 1. The zero-order valence-corrected chi connectivity index (χ0v) is 13.0. The van der Waals surface area contributed by atoms with Gasteiger partial charge in [-0.3, -0.25) is 4.79 Å². The molecule has 0 aliphatic heterocycles. The fraction of sp³-hybridized carbons (Fsp3) is 0.417. The zero-order valence-electron chi connectivity index (χ0n) is 11.4. The van der Waals surface area contributed by atoms with Crippen molar-refractivity contribution in [2.24, 2.45) is 0 Å². The molecular weight excluding hydrogens is 325 g/mol. The summed E-state index contributed by atoms with van der Waals surface area (Å²) in [6.45, 7) is 2.04. The second kappa shape index (κ2) is 7.58. The summed E-state index contributed by atoms with van der Waals surface area (Å²) in [6, 6.07) is 2.84. The monoisotopic (exact) mass is 339 g/mol. The maximum atomic E-state index is 13.1. The topological polar surface area (TPSA) is 81.7 Å². The van der Waals surface area contributed by atoms with Crippen LogP contribution in [0.25, 0.3) is 0 Å². The van der Waals surface area contributed by atoms with Crippen molar-refractivity contribution in [2.75, 3.05) is 20.3 Å². The van der Waals surface area contributed by atoms with Gasteiger partial charge < -0.3 is 14.8 Å². The van der Waals surface area contributed by atoms with Gasteiger partial charge in [0.15, 0.2) is 6.10 Å². The van der Waals surface area contributed by atoms with Gasteiger partial charge >= 0.3 is 0 Å². The van der Waals surface area contributed by atoms with E-state index < -0.39 is 31.8 Å². The van der Waals surface area contributed by atoms with Gasteiger partial charge in [-0.15, -0.1) is 0 Å². The summed E-state index contributed by atoms with van der Waals surface area (Å²) in [4.78, 5) is 11.2. The van der Waals surface area contributed by atoms with Gasteiger partial charge in [0.05, 0.1) is 6.61 Å². The minimum absolute atomic E-state index is 0.194. The van der Waals surface area contributed by atoms with E-state index in [0.717, 1.165) is 18.2 Å². The maximum absolute atomic E-state index is 13.1. The smallest absolute Gasteiger partial charge is 0.265 e. The molecule has 21 heavy (non-hydrogen) atoms. The fourth-order valence-corrected chi connectivity index (χ4v) is 2.41. The Hall–Kier alpha value is -1.38. The number of amides is 1. The Bertz CT molecular complexity index is 608. The molecule has 1 N–H and O–H groups in total. The van der Waals surface area contributed by atoms with E-state index in [2.05, 4.69) is 5.32 Å². The average molecular weight is 340 g/mol. The number of methoxy groups -OCH3 is 1. The van der Waals surface area contributed by atoms with Crippen LogP contribution in [0.3, 0.4) is 0 Å². The Balaban J connectivity index is 2.85. The lowest BCUT2D eigenvalue weighted by atomic mass is 10.3. The van der Waals surface area contributed by atoms with E-state index in [9.17, 15) is 17.6 Å². The van der Waals surface area contributed by atoms with Crippen molar-refractivity contribution >= 4 is 25.6 Å². The molecule has 1 amide bonds. The van der Waals surface area contributed by atoms with Crippen LogP contribution in [0.15, 0.2) is 23.1 Å². The molecule has 0 aromatic heterocycles. The number of carbonyl (C=O) groups is 1. The first-order chi connectivity index (χ1) is 9.75. The SMILES string of the molecule is COCCNC(=O)C(C)Oc1ccc(F)cc1S(=O)(=O)Cl. The van der Waals surface area contributed by atoms with Gasteiger partial charge in [-0.25, -0.2) is 12.8 Å². The predicted molar refractivity (Wildman–Crippen MR) is 74.4 cm³/mol. The molecule has 0 bridgehead atoms.